The summed E-state index contributed by atoms with van der Waals surface area (Å²) in [7, 11) is 0. The van der Waals surface area contributed by atoms with Gasteiger partial charge in [-0.2, -0.15) is 0 Å². The fraction of sp³-hybridized carbons (Fsp3) is 0. The van der Waals surface area contributed by atoms with Crippen molar-refractivity contribution in [2.24, 2.45) is 0 Å². The maximum atomic E-state index is 5.01. The van der Waals surface area contributed by atoms with Crippen LogP contribution in [0.25, 0.3) is 88.4 Å². The molecule has 0 saturated carbocycles. The van der Waals surface area contributed by atoms with Gasteiger partial charge in [0.15, 0.2) is 17.5 Å². The van der Waals surface area contributed by atoms with E-state index < -0.39 is 0 Å². The van der Waals surface area contributed by atoms with E-state index in [2.05, 4.69) is 103 Å². The van der Waals surface area contributed by atoms with E-state index in [0.29, 0.717) is 17.5 Å². The molecule has 3 nitrogen and oxygen atoms in total. The molecule has 46 heavy (non-hydrogen) atoms. The summed E-state index contributed by atoms with van der Waals surface area (Å²) in [5.74, 6) is 1.97. The summed E-state index contributed by atoms with van der Waals surface area (Å²) in [4.78, 5) is 14.9. The van der Waals surface area contributed by atoms with Crippen molar-refractivity contribution in [3.63, 3.8) is 0 Å². The molecule has 8 aromatic carbocycles. The fourth-order valence-electron chi connectivity index (χ4n) is 6.67. The van der Waals surface area contributed by atoms with Crippen molar-refractivity contribution in [1.82, 2.24) is 15.0 Å². The standard InChI is InChI=1S/C43H27N3/c1-3-13-30(14-4-1)41-44-42(31-15-5-2-6-16-31)46-43(45-41)32-23-22-29-17-11-21-36(38(29)26-32)40-27-39-33-18-8-7-12-28(33)24-25-37(39)34-19-9-10-20-35(34)40/h1-27H. The van der Waals surface area contributed by atoms with Gasteiger partial charge in [-0.15, -0.1) is 0 Å². The highest BCUT2D eigenvalue weighted by Crippen LogP contribution is 2.41. The van der Waals surface area contributed by atoms with Crippen molar-refractivity contribution in [3.8, 4) is 45.3 Å². The Morgan fingerprint density at radius 2 is 0.783 bits per heavy atom. The highest BCUT2D eigenvalue weighted by Gasteiger charge is 2.16. The van der Waals surface area contributed by atoms with Crippen LogP contribution >= 0.6 is 0 Å². The number of rotatable bonds is 4. The maximum absolute atomic E-state index is 5.01. The van der Waals surface area contributed by atoms with Crippen molar-refractivity contribution in [3.05, 3.63) is 164 Å². The molecule has 0 amide bonds. The van der Waals surface area contributed by atoms with E-state index in [0.717, 1.165) is 22.1 Å². The van der Waals surface area contributed by atoms with Crippen molar-refractivity contribution < 1.29 is 0 Å². The molecule has 0 N–H and O–H groups in total. The van der Waals surface area contributed by atoms with Gasteiger partial charge >= 0.3 is 0 Å². The van der Waals surface area contributed by atoms with Crippen LogP contribution in [-0.2, 0) is 0 Å². The average Bonchev–Trinajstić information content (AvgIpc) is 3.14. The van der Waals surface area contributed by atoms with E-state index in [4.69, 9.17) is 15.0 Å². The lowest BCUT2D eigenvalue weighted by molar-refractivity contribution is 1.07. The highest BCUT2D eigenvalue weighted by molar-refractivity contribution is 6.22. The van der Waals surface area contributed by atoms with Crippen LogP contribution in [0.2, 0.25) is 0 Å². The molecular weight excluding hydrogens is 558 g/mol. The molecule has 3 heteroatoms. The van der Waals surface area contributed by atoms with E-state index in [1.165, 1.54) is 48.8 Å². The molecule has 9 aromatic rings. The minimum atomic E-state index is 0.652. The van der Waals surface area contributed by atoms with Crippen molar-refractivity contribution >= 4 is 43.1 Å². The molecule has 1 heterocycles. The Morgan fingerprint density at radius 3 is 1.50 bits per heavy atom. The molecule has 9 rings (SSSR count). The average molecular weight is 586 g/mol. The third kappa shape index (κ3) is 4.41. The summed E-state index contributed by atoms with van der Waals surface area (Å²) >= 11 is 0. The molecular formula is C43H27N3. The van der Waals surface area contributed by atoms with E-state index in [1.54, 1.807) is 0 Å². The molecule has 0 atom stereocenters. The van der Waals surface area contributed by atoms with Crippen LogP contribution < -0.4 is 0 Å². The number of hydrogen-bond donors (Lipinski definition) is 0. The minimum Gasteiger partial charge on any atom is -0.208 e. The minimum absolute atomic E-state index is 0.652. The Labute approximate surface area is 266 Å². The van der Waals surface area contributed by atoms with Crippen LogP contribution in [0.1, 0.15) is 0 Å². The van der Waals surface area contributed by atoms with Gasteiger partial charge in [-0.1, -0.05) is 152 Å². The Kier molecular flexibility index (Phi) is 6.14. The third-order valence-electron chi connectivity index (χ3n) is 8.90. The van der Waals surface area contributed by atoms with E-state index in [-0.39, 0.29) is 0 Å². The predicted molar refractivity (Wildman–Crippen MR) is 192 cm³/mol. The number of aromatic nitrogens is 3. The lowest BCUT2D eigenvalue weighted by Crippen LogP contribution is -2.00. The summed E-state index contributed by atoms with van der Waals surface area (Å²) in [6.07, 6.45) is 0. The highest BCUT2D eigenvalue weighted by atomic mass is 15.0. The second-order valence-electron chi connectivity index (χ2n) is 11.6. The van der Waals surface area contributed by atoms with Gasteiger partial charge in [-0.3, -0.25) is 0 Å². The number of hydrogen-bond acceptors (Lipinski definition) is 3. The largest absolute Gasteiger partial charge is 0.208 e. The number of nitrogens with zero attached hydrogens (tertiary/aromatic N) is 3. The van der Waals surface area contributed by atoms with Crippen LogP contribution in [-0.4, -0.2) is 15.0 Å². The molecule has 0 aliphatic rings. The summed E-state index contributed by atoms with van der Waals surface area (Å²) in [6.45, 7) is 0. The zero-order chi connectivity index (χ0) is 30.5. The van der Waals surface area contributed by atoms with Gasteiger partial charge in [0, 0.05) is 16.7 Å². The summed E-state index contributed by atoms with van der Waals surface area (Å²) < 4.78 is 0. The maximum Gasteiger partial charge on any atom is 0.164 e. The first-order chi connectivity index (χ1) is 22.8. The van der Waals surface area contributed by atoms with E-state index >= 15 is 0 Å². The molecule has 0 saturated heterocycles. The summed E-state index contributed by atoms with van der Waals surface area (Å²) in [5.41, 5.74) is 5.27. The smallest absolute Gasteiger partial charge is 0.164 e. The lowest BCUT2D eigenvalue weighted by Gasteiger charge is -2.15. The first-order valence-electron chi connectivity index (χ1n) is 15.5. The second-order valence-corrected chi connectivity index (χ2v) is 11.6. The summed E-state index contributed by atoms with van der Waals surface area (Å²) in [6, 6.07) is 57.7. The van der Waals surface area contributed by atoms with Gasteiger partial charge in [-0.25, -0.2) is 15.0 Å². The molecule has 0 fully saturated rings. The quantitative estimate of drug-likeness (QED) is 0.193. The Morgan fingerprint density at radius 1 is 0.261 bits per heavy atom. The van der Waals surface area contributed by atoms with Gasteiger partial charge in [0.1, 0.15) is 0 Å². The van der Waals surface area contributed by atoms with Gasteiger partial charge in [0.25, 0.3) is 0 Å². The van der Waals surface area contributed by atoms with Crippen LogP contribution in [0.3, 0.4) is 0 Å². The number of benzene rings is 8. The first-order valence-corrected chi connectivity index (χ1v) is 15.5. The molecule has 0 spiro atoms. The van der Waals surface area contributed by atoms with Crippen LogP contribution in [0.15, 0.2) is 164 Å². The monoisotopic (exact) mass is 585 g/mol. The predicted octanol–water partition coefficient (Wildman–Crippen LogP) is 11.2. The van der Waals surface area contributed by atoms with Crippen LogP contribution in [0, 0.1) is 0 Å². The van der Waals surface area contributed by atoms with E-state index in [9.17, 15) is 0 Å². The molecule has 0 radical (unpaired) electrons. The zero-order valence-electron chi connectivity index (χ0n) is 24.9. The molecule has 0 aliphatic carbocycles. The first kappa shape index (κ1) is 26.2. The normalized spacial score (nSPS) is 11.5. The third-order valence-corrected chi connectivity index (χ3v) is 8.90. The van der Waals surface area contributed by atoms with Crippen LogP contribution in [0.4, 0.5) is 0 Å². The van der Waals surface area contributed by atoms with Gasteiger partial charge in [0.05, 0.1) is 0 Å². The van der Waals surface area contributed by atoms with Gasteiger partial charge in [0.2, 0.25) is 0 Å². The van der Waals surface area contributed by atoms with Gasteiger partial charge in [-0.05, 0) is 66.3 Å². The summed E-state index contributed by atoms with van der Waals surface area (Å²) in [5, 5.41) is 9.86. The SMILES string of the molecule is c1ccc(-c2nc(-c3ccccc3)nc(-c3ccc4cccc(-c5cc6c7ccccc7ccc6c6ccccc56)c4c3)n2)cc1. The topological polar surface area (TPSA) is 38.7 Å². The van der Waals surface area contributed by atoms with E-state index in [1.807, 2.05) is 60.7 Å². The molecule has 0 unspecified atom stereocenters. The van der Waals surface area contributed by atoms with Crippen LogP contribution in [0.5, 0.6) is 0 Å². The van der Waals surface area contributed by atoms with Crippen molar-refractivity contribution in [1.29, 1.82) is 0 Å². The van der Waals surface area contributed by atoms with Crippen molar-refractivity contribution in [2.75, 3.05) is 0 Å². The number of fused-ring (bicyclic) bond motifs is 6. The molecule has 0 aliphatic heterocycles. The Balaban J connectivity index is 1.29. The Hall–Kier alpha value is -6.19. The molecule has 214 valence electrons. The lowest BCUT2D eigenvalue weighted by atomic mass is 9.89. The van der Waals surface area contributed by atoms with Crippen molar-refractivity contribution in [2.45, 2.75) is 0 Å². The zero-order valence-corrected chi connectivity index (χ0v) is 24.9. The second kappa shape index (κ2) is 10.8. The molecule has 0 bridgehead atoms. The van der Waals surface area contributed by atoms with Gasteiger partial charge < -0.3 is 0 Å². The Bertz CT molecular complexity index is 2520. The fourth-order valence-corrected chi connectivity index (χ4v) is 6.67. The molecule has 1 aromatic heterocycles.